The average molecular weight is 267 g/mol. The van der Waals surface area contributed by atoms with Gasteiger partial charge in [-0.25, -0.2) is 13.4 Å². The van der Waals surface area contributed by atoms with Crippen LogP contribution in [0.3, 0.4) is 0 Å². The molecule has 0 saturated carbocycles. The number of rotatable bonds is 3. The summed E-state index contributed by atoms with van der Waals surface area (Å²) in [5, 5.41) is 1.38. The molecular formula is C12H17N3O2S. The van der Waals surface area contributed by atoms with E-state index in [1.165, 1.54) is 5.01 Å². The van der Waals surface area contributed by atoms with Crippen molar-refractivity contribution in [1.29, 1.82) is 0 Å². The molecule has 0 aliphatic rings. The molecule has 0 atom stereocenters. The zero-order valence-corrected chi connectivity index (χ0v) is 11.5. The molecule has 0 amide bonds. The number of hydrazine groups is 1. The summed E-state index contributed by atoms with van der Waals surface area (Å²) in [7, 11) is -0.329. The SMILES string of the molecule is Cc1ccc(C#CCN)cc1S(=O)(=O)NN(C)C. The van der Waals surface area contributed by atoms with Crippen molar-refractivity contribution in [2.24, 2.45) is 5.73 Å². The van der Waals surface area contributed by atoms with Crippen molar-refractivity contribution in [1.82, 2.24) is 9.84 Å². The second-order valence-corrected chi connectivity index (χ2v) is 5.60. The first-order valence-electron chi connectivity index (χ1n) is 5.36. The minimum Gasteiger partial charge on any atom is -0.320 e. The fourth-order valence-electron chi connectivity index (χ4n) is 1.41. The molecule has 18 heavy (non-hydrogen) atoms. The van der Waals surface area contributed by atoms with Gasteiger partial charge in [0.25, 0.3) is 10.0 Å². The molecule has 0 fully saturated rings. The largest absolute Gasteiger partial charge is 0.320 e. The number of hydrogen-bond acceptors (Lipinski definition) is 4. The Morgan fingerprint density at radius 2 is 2.06 bits per heavy atom. The Kier molecular flexibility index (Phi) is 4.87. The summed E-state index contributed by atoms with van der Waals surface area (Å²) >= 11 is 0. The molecule has 0 aromatic heterocycles. The number of benzene rings is 1. The fraction of sp³-hybridized carbons (Fsp3) is 0.333. The van der Waals surface area contributed by atoms with E-state index in [1.54, 1.807) is 39.2 Å². The molecule has 0 heterocycles. The van der Waals surface area contributed by atoms with Crippen LogP contribution in [0.5, 0.6) is 0 Å². The molecule has 6 heteroatoms. The van der Waals surface area contributed by atoms with E-state index in [-0.39, 0.29) is 11.4 Å². The number of nitrogens with zero attached hydrogens (tertiary/aromatic N) is 1. The Hall–Kier alpha value is -1.39. The molecule has 1 aromatic carbocycles. The quantitative estimate of drug-likeness (QED) is 0.600. The van der Waals surface area contributed by atoms with Crippen LogP contribution < -0.4 is 10.6 Å². The van der Waals surface area contributed by atoms with Crippen LogP contribution in [0.15, 0.2) is 23.1 Å². The molecular weight excluding hydrogens is 250 g/mol. The summed E-state index contributed by atoms with van der Waals surface area (Å²) < 4.78 is 24.1. The number of nitrogens with two attached hydrogens (primary N) is 1. The van der Waals surface area contributed by atoms with E-state index in [0.29, 0.717) is 11.1 Å². The lowest BCUT2D eigenvalue weighted by atomic mass is 10.1. The van der Waals surface area contributed by atoms with Gasteiger partial charge in [-0.15, -0.1) is 4.83 Å². The van der Waals surface area contributed by atoms with Gasteiger partial charge in [-0.2, -0.15) is 0 Å². The van der Waals surface area contributed by atoms with Gasteiger partial charge in [0.1, 0.15) is 0 Å². The van der Waals surface area contributed by atoms with E-state index in [2.05, 4.69) is 16.7 Å². The summed E-state index contributed by atoms with van der Waals surface area (Å²) in [6, 6.07) is 5.04. The van der Waals surface area contributed by atoms with Gasteiger partial charge in [0, 0.05) is 19.7 Å². The molecule has 1 rings (SSSR count). The van der Waals surface area contributed by atoms with Gasteiger partial charge in [-0.1, -0.05) is 17.9 Å². The van der Waals surface area contributed by atoms with Gasteiger partial charge < -0.3 is 5.73 Å². The molecule has 3 N–H and O–H groups in total. The van der Waals surface area contributed by atoms with Crippen molar-refractivity contribution >= 4 is 10.0 Å². The van der Waals surface area contributed by atoms with Crippen LogP contribution in [-0.4, -0.2) is 34.1 Å². The Morgan fingerprint density at radius 1 is 1.39 bits per heavy atom. The standard InChI is InChI=1S/C12H17N3O2S/c1-10-6-7-11(5-4-8-13)9-12(10)18(16,17)14-15(2)3/h6-7,9,14H,8,13H2,1-3H3. The topological polar surface area (TPSA) is 75.4 Å². The van der Waals surface area contributed by atoms with Crippen molar-refractivity contribution in [3.05, 3.63) is 29.3 Å². The minimum atomic E-state index is -3.56. The smallest absolute Gasteiger partial charge is 0.253 e. The lowest BCUT2D eigenvalue weighted by Crippen LogP contribution is -2.36. The molecule has 0 radical (unpaired) electrons. The fourth-order valence-corrected chi connectivity index (χ4v) is 2.76. The van der Waals surface area contributed by atoms with Gasteiger partial charge >= 0.3 is 0 Å². The summed E-state index contributed by atoms with van der Waals surface area (Å²) in [5.74, 6) is 5.51. The number of aryl methyl sites for hydroxylation is 1. The molecule has 98 valence electrons. The van der Waals surface area contributed by atoms with E-state index in [9.17, 15) is 8.42 Å². The highest BCUT2D eigenvalue weighted by Crippen LogP contribution is 2.16. The first-order chi connectivity index (χ1) is 8.36. The Morgan fingerprint density at radius 3 is 2.61 bits per heavy atom. The normalized spacial score (nSPS) is 11.2. The van der Waals surface area contributed by atoms with E-state index < -0.39 is 10.0 Å². The van der Waals surface area contributed by atoms with Gasteiger partial charge in [0.2, 0.25) is 0 Å². The number of hydrogen-bond donors (Lipinski definition) is 2. The molecule has 0 aliphatic carbocycles. The third-order valence-electron chi connectivity index (χ3n) is 2.12. The molecule has 0 bridgehead atoms. The third kappa shape index (κ3) is 3.82. The second-order valence-electron chi connectivity index (χ2n) is 3.98. The first-order valence-corrected chi connectivity index (χ1v) is 6.84. The van der Waals surface area contributed by atoms with Gasteiger partial charge in [0.05, 0.1) is 11.4 Å². The minimum absolute atomic E-state index is 0.222. The monoisotopic (exact) mass is 267 g/mol. The van der Waals surface area contributed by atoms with Gasteiger partial charge in [-0.05, 0) is 24.6 Å². The molecule has 0 spiro atoms. The van der Waals surface area contributed by atoms with Crippen LogP contribution in [0.25, 0.3) is 0 Å². The predicted molar refractivity (Wildman–Crippen MR) is 71.1 cm³/mol. The van der Waals surface area contributed by atoms with Crippen LogP contribution in [-0.2, 0) is 10.0 Å². The summed E-state index contributed by atoms with van der Waals surface area (Å²) in [5.41, 5.74) is 6.58. The van der Waals surface area contributed by atoms with Crippen LogP contribution in [0, 0.1) is 18.8 Å². The van der Waals surface area contributed by atoms with Crippen LogP contribution in [0.1, 0.15) is 11.1 Å². The molecule has 0 aliphatic heterocycles. The summed E-state index contributed by atoms with van der Waals surface area (Å²) in [4.78, 5) is 2.61. The summed E-state index contributed by atoms with van der Waals surface area (Å²) in [6.07, 6.45) is 0. The van der Waals surface area contributed by atoms with Crippen molar-refractivity contribution < 1.29 is 8.42 Å². The van der Waals surface area contributed by atoms with Crippen LogP contribution in [0.2, 0.25) is 0 Å². The van der Waals surface area contributed by atoms with Crippen molar-refractivity contribution in [3.8, 4) is 11.8 Å². The van der Waals surface area contributed by atoms with Crippen LogP contribution >= 0.6 is 0 Å². The van der Waals surface area contributed by atoms with E-state index in [0.717, 1.165) is 0 Å². The number of sulfonamides is 1. The first kappa shape index (κ1) is 14.7. The van der Waals surface area contributed by atoms with Crippen molar-refractivity contribution in [2.45, 2.75) is 11.8 Å². The highest BCUT2D eigenvalue weighted by Gasteiger charge is 2.17. The van der Waals surface area contributed by atoms with Crippen molar-refractivity contribution in [2.75, 3.05) is 20.6 Å². The Balaban J connectivity index is 3.23. The van der Waals surface area contributed by atoms with Gasteiger partial charge in [-0.3, -0.25) is 0 Å². The Labute approximate surface area is 108 Å². The molecule has 1 aromatic rings. The second kappa shape index (κ2) is 5.98. The third-order valence-corrected chi connectivity index (χ3v) is 3.74. The summed E-state index contributed by atoms with van der Waals surface area (Å²) in [6.45, 7) is 1.98. The number of nitrogens with one attached hydrogen (secondary N) is 1. The molecule has 0 saturated heterocycles. The maximum absolute atomic E-state index is 12.1. The zero-order valence-electron chi connectivity index (χ0n) is 10.7. The van der Waals surface area contributed by atoms with Crippen LogP contribution in [0.4, 0.5) is 0 Å². The predicted octanol–water partition coefficient (Wildman–Crippen LogP) is 0.0601. The zero-order chi connectivity index (χ0) is 13.8. The Bertz CT molecular complexity index is 583. The molecule has 5 nitrogen and oxygen atoms in total. The maximum atomic E-state index is 12.1. The maximum Gasteiger partial charge on any atom is 0.253 e. The van der Waals surface area contributed by atoms with Crippen molar-refractivity contribution in [3.63, 3.8) is 0 Å². The average Bonchev–Trinajstić information content (AvgIpc) is 2.26. The van der Waals surface area contributed by atoms with E-state index in [1.807, 2.05) is 0 Å². The van der Waals surface area contributed by atoms with E-state index >= 15 is 0 Å². The lowest BCUT2D eigenvalue weighted by Gasteiger charge is -2.14. The molecule has 0 unspecified atom stereocenters. The highest BCUT2D eigenvalue weighted by atomic mass is 32.2. The van der Waals surface area contributed by atoms with E-state index in [4.69, 9.17) is 5.73 Å². The highest BCUT2D eigenvalue weighted by molar-refractivity contribution is 7.89. The van der Waals surface area contributed by atoms with Gasteiger partial charge in [0.15, 0.2) is 0 Å². The lowest BCUT2D eigenvalue weighted by molar-refractivity contribution is 0.364.